The second-order valence-electron chi connectivity index (χ2n) is 5.28. The Bertz CT molecular complexity index is 627. The highest BCUT2D eigenvalue weighted by molar-refractivity contribution is 5.76. The van der Waals surface area contributed by atoms with Crippen LogP contribution in [-0.4, -0.2) is 10.5 Å². The van der Waals surface area contributed by atoms with E-state index in [1.165, 1.54) is 5.56 Å². The highest BCUT2D eigenvalue weighted by atomic mass is 16.1. The Morgan fingerprint density at radius 3 is 2.50 bits per heavy atom. The highest BCUT2D eigenvalue weighted by Gasteiger charge is 2.03. The van der Waals surface area contributed by atoms with Crippen LogP contribution in [0.2, 0.25) is 0 Å². The van der Waals surface area contributed by atoms with Gasteiger partial charge in [0.1, 0.15) is 5.49 Å². The number of carbonyl (C=O) groups is 1. The summed E-state index contributed by atoms with van der Waals surface area (Å²) in [5.74, 6) is 0.269. The van der Waals surface area contributed by atoms with Crippen LogP contribution < -0.4 is 5.49 Å². The minimum absolute atomic E-state index is 0.0620. The third-order valence-electron chi connectivity index (χ3n) is 2.93. The molecule has 0 saturated carbocycles. The Hall–Kier alpha value is -2.16. The first-order valence-electron chi connectivity index (χ1n) is 6.92. The summed E-state index contributed by atoms with van der Waals surface area (Å²) in [4.78, 5) is 16.1. The average molecular weight is 268 g/mol. The minimum Gasteiger partial charge on any atom is -0.329 e. The number of rotatable bonds is 4. The fraction of sp³-hybridized carbons (Fsp3) is 0.294. The molecule has 0 unspecified atom stereocenters. The topological polar surface area (TPSA) is 34.4 Å². The van der Waals surface area contributed by atoms with E-state index >= 15 is 0 Å². The molecule has 0 aliphatic heterocycles. The average Bonchev–Trinajstić information content (AvgIpc) is 2.41. The number of amides is 1. The maximum atomic E-state index is 11.8. The first-order valence-corrected chi connectivity index (χ1v) is 6.92. The van der Waals surface area contributed by atoms with E-state index in [9.17, 15) is 4.79 Å². The van der Waals surface area contributed by atoms with Gasteiger partial charge in [-0.05, 0) is 23.6 Å². The lowest BCUT2D eigenvalue weighted by Crippen LogP contribution is -2.22. The van der Waals surface area contributed by atoms with Gasteiger partial charge in [-0.1, -0.05) is 50.2 Å². The summed E-state index contributed by atoms with van der Waals surface area (Å²) >= 11 is 0. The molecule has 20 heavy (non-hydrogen) atoms. The van der Waals surface area contributed by atoms with Gasteiger partial charge in [-0.2, -0.15) is 4.99 Å². The van der Waals surface area contributed by atoms with E-state index in [1.54, 1.807) is 0 Å². The van der Waals surface area contributed by atoms with Crippen molar-refractivity contribution in [1.82, 2.24) is 4.57 Å². The third-order valence-corrected chi connectivity index (χ3v) is 2.93. The Labute approximate surface area is 119 Å². The molecule has 2 rings (SSSR count). The lowest BCUT2D eigenvalue weighted by atomic mass is 10.1. The summed E-state index contributed by atoms with van der Waals surface area (Å²) in [5, 5.41) is 0. The summed E-state index contributed by atoms with van der Waals surface area (Å²) in [7, 11) is 0. The molecule has 0 bridgehead atoms. The molecule has 1 aromatic heterocycles. The first-order chi connectivity index (χ1) is 9.65. The van der Waals surface area contributed by atoms with Crippen molar-refractivity contribution in [3.63, 3.8) is 0 Å². The van der Waals surface area contributed by atoms with Crippen LogP contribution in [0.25, 0.3) is 0 Å². The molecule has 0 spiro atoms. The SMILES string of the molecule is CC(C)CC(=O)N=c1ccccn1Cc1ccccc1. The van der Waals surface area contributed by atoms with Crippen molar-refractivity contribution < 1.29 is 4.79 Å². The Morgan fingerprint density at radius 1 is 1.10 bits per heavy atom. The number of hydrogen-bond donors (Lipinski definition) is 0. The van der Waals surface area contributed by atoms with Crippen LogP contribution in [0.1, 0.15) is 25.8 Å². The second-order valence-corrected chi connectivity index (χ2v) is 5.28. The highest BCUT2D eigenvalue weighted by Crippen LogP contribution is 2.02. The summed E-state index contributed by atoms with van der Waals surface area (Å²) in [6.07, 6.45) is 2.44. The maximum Gasteiger partial charge on any atom is 0.247 e. The van der Waals surface area contributed by atoms with Gasteiger partial charge in [0, 0.05) is 19.2 Å². The van der Waals surface area contributed by atoms with Gasteiger partial charge in [-0.3, -0.25) is 4.79 Å². The molecule has 0 aliphatic carbocycles. The van der Waals surface area contributed by atoms with E-state index in [0.717, 1.165) is 6.54 Å². The summed E-state index contributed by atoms with van der Waals surface area (Å²) in [5.41, 5.74) is 1.90. The zero-order chi connectivity index (χ0) is 14.4. The molecule has 104 valence electrons. The molecule has 0 atom stereocenters. The van der Waals surface area contributed by atoms with Gasteiger partial charge in [-0.15, -0.1) is 0 Å². The molecule has 0 N–H and O–H groups in total. The van der Waals surface area contributed by atoms with Crippen LogP contribution in [0, 0.1) is 5.92 Å². The van der Waals surface area contributed by atoms with Gasteiger partial charge in [0.05, 0.1) is 0 Å². The monoisotopic (exact) mass is 268 g/mol. The summed E-state index contributed by atoms with van der Waals surface area (Å²) < 4.78 is 1.99. The summed E-state index contributed by atoms with van der Waals surface area (Å²) in [6.45, 7) is 4.77. The number of pyridine rings is 1. The van der Waals surface area contributed by atoms with E-state index in [-0.39, 0.29) is 5.91 Å². The molecule has 0 radical (unpaired) electrons. The van der Waals surface area contributed by atoms with Crippen molar-refractivity contribution in [2.75, 3.05) is 0 Å². The van der Waals surface area contributed by atoms with Crippen molar-refractivity contribution in [2.24, 2.45) is 10.9 Å². The number of hydrogen-bond acceptors (Lipinski definition) is 1. The number of nitrogens with zero attached hydrogens (tertiary/aromatic N) is 2. The lowest BCUT2D eigenvalue weighted by molar-refractivity contribution is -0.118. The standard InChI is InChI=1S/C17H20N2O/c1-14(2)12-17(20)18-16-10-6-7-11-19(16)13-15-8-4-3-5-9-15/h3-11,14H,12-13H2,1-2H3. The predicted molar refractivity (Wildman–Crippen MR) is 80.0 cm³/mol. The fourth-order valence-electron chi connectivity index (χ4n) is 2.01. The number of carbonyl (C=O) groups excluding carboxylic acids is 1. The summed E-state index contributed by atoms with van der Waals surface area (Å²) in [6, 6.07) is 15.9. The van der Waals surface area contributed by atoms with Crippen LogP contribution in [0.3, 0.4) is 0 Å². The van der Waals surface area contributed by atoms with Gasteiger partial charge in [0.2, 0.25) is 5.91 Å². The largest absolute Gasteiger partial charge is 0.329 e. The molecule has 0 aliphatic rings. The van der Waals surface area contributed by atoms with E-state index in [1.807, 2.05) is 61.0 Å². The Kier molecular flexibility index (Phi) is 4.88. The molecule has 3 heteroatoms. The predicted octanol–water partition coefficient (Wildman–Crippen LogP) is 3.01. The maximum absolute atomic E-state index is 11.8. The quantitative estimate of drug-likeness (QED) is 0.839. The molecule has 1 heterocycles. The molecule has 0 saturated heterocycles. The smallest absolute Gasteiger partial charge is 0.247 e. The number of benzene rings is 1. The molecule has 2 aromatic rings. The molecular formula is C17H20N2O. The Morgan fingerprint density at radius 2 is 1.80 bits per heavy atom. The zero-order valence-electron chi connectivity index (χ0n) is 12.0. The molecule has 1 amide bonds. The van der Waals surface area contributed by atoms with E-state index in [2.05, 4.69) is 17.1 Å². The van der Waals surface area contributed by atoms with E-state index in [0.29, 0.717) is 17.8 Å². The molecule has 3 nitrogen and oxygen atoms in total. The van der Waals surface area contributed by atoms with E-state index in [4.69, 9.17) is 0 Å². The van der Waals surface area contributed by atoms with Gasteiger partial charge in [0.15, 0.2) is 0 Å². The van der Waals surface area contributed by atoms with Crippen molar-refractivity contribution in [2.45, 2.75) is 26.8 Å². The molecular weight excluding hydrogens is 248 g/mol. The van der Waals surface area contributed by atoms with Crippen LogP contribution in [0.4, 0.5) is 0 Å². The van der Waals surface area contributed by atoms with Gasteiger partial charge in [0.25, 0.3) is 0 Å². The number of aromatic nitrogens is 1. The van der Waals surface area contributed by atoms with Crippen molar-refractivity contribution in [1.29, 1.82) is 0 Å². The second kappa shape index (κ2) is 6.85. The minimum atomic E-state index is -0.0620. The lowest BCUT2D eigenvalue weighted by Gasteiger charge is -2.07. The normalized spacial score (nSPS) is 11.8. The van der Waals surface area contributed by atoms with Gasteiger partial charge in [-0.25, -0.2) is 0 Å². The van der Waals surface area contributed by atoms with Crippen molar-refractivity contribution in [3.05, 3.63) is 65.8 Å². The molecule has 1 aromatic carbocycles. The zero-order valence-corrected chi connectivity index (χ0v) is 12.0. The van der Waals surface area contributed by atoms with Crippen molar-refractivity contribution >= 4 is 5.91 Å². The van der Waals surface area contributed by atoms with Crippen molar-refractivity contribution in [3.8, 4) is 0 Å². The third kappa shape index (κ3) is 4.19. The van der Waals surface area contributed by atoms with E-state index < -0.39 is 0 Å². The van der Waals surface area contributed by atoms with Crippen LogP contribution in [-0.2, 0) is 11.3 Å². The Balaban J connectivity index is 2.27. The molecule has 0 fully saturated rings. The van der Waals surface area contributed by atoms with Crippen LogP contribution >= 0.6 is 0 Å². The first kappa shape index (κ1) is 14.3. The van der Waals surface area contributed by atoms with Crippen LogP contribution in [0.15, 0.2) is 59.7 Å². The van der Waals surface area contributed by atoms with Gasteiger partial charge >= 0.3 is 0 Å². The van der Waals surface area contributed by atoms with Crippen LogP contribution in [0.5, 0.6) is 0 Å². The fourth-order valence-corrected chi connectivity index (χ4v) is 2.01. The van der Waals surface area contributed by atoms with Gasteiger partial charge < -0.3 is 4.57 Å².